The molecule has 1 N–H and O–H groups in total. The molecule has 6 nitrogen and oxygen atoms in total. The third kappa shape index (κ3) is 2.64. The molecule has 0 spiro atoms. The number of aromatic nitrogens is 4. The Morgan fingerprint density at radius 2 is 2.12 bits per heavy atom. The number of nitrogens with zero attached hydrogens (tertiary/aromatic N) is 4. The van der Waals surface area contributed by atoms with E-state index >= 15 is 0 Å². The van der Waals surface area contributed by atoms with E-state index in [1.807, 2.05) is 29.3 Å². The SMILES string of the molecule is c1cnn(-c2ccc([C@@H]3c4nc[nH]c4CCN3Cc3ccoc3)cc2)c1. The van der Waals surface area contributed by atoms with Crippen molar-refractivity contribution in [2.75, 3.05) is 6.54 Å². The zero-order chi connectivity index (χ0) is 17.3. The first kappa shape index (κ1) is 15.2. The van der Waals surface area contributed by atoms with E-state index in [1.165, 1.54) is 16.8 Å². The molecule has 0 saturated heterocycles. The average Bonchev–Trinajstić information content (AvgIpc) is 3.44. The van der Waals surface area contributed by atoms with Crippen LogP contribution < -0.4 is 0 Å². The van der Waals surface area contributed by atoms with Crippen molar-refractivity contribution in [2.45, 2.75) is 19.0 Å². The molecule has 1 aliphatic rings. The highest BCUT2D eigenvalue weighted by Crippen LogP contribution is 2.34. The lowest BCUT2D eigenvalue weighted by Crippen LogP contribution is -2.35. The number of hydrogen-bond acceptors (Lipinski definition) is 4. The van der Waals surface area contributed by atoms with Gasteiger partial charge in [-0.05, 0) is 29.8 Å². The number of fused-ring (bicyclic) bond motifs is 1. The number of rotatable bonds is 4. The van der Waals surface area contributed by atoms with Crippen LogP contribution in [0.1, 0.15) is 28.6 Å². The lowest BCUT2D eigenvalue weighted by atomic mass is 9.95. The Balaban J connectivity index is 1.50. The number of imidazole rings is 1. The molecule has 4 aromatic rings. The van der Waals surface area contributed by atoms with Crippen LogP contribution in [-0.2, 0) is 13.0 Å². The molecule has 0 bridgehead atoms. The monoisotopic (exact) mass is 345 g/mol. The zero-order valence-electron chi connectivity index (χ0n) is 14.2. The van der Waals surface area contributed by atoms with Crippen molar-refractivity contribution in [2.24, 2.45) is 0 Å². The van der Waals surface area contributed by atoms with Crippen molar-refractivity contribution in [3.8, 4) is 5.69 Å². The van der Waals surface area contributed by atoms with Crippen molar-refractivity contribution in [1.82, 2.24) is 24.6 Å². The van der Waals surface area contributed by atoms with Gasteiger partial charge in [0.25, 0.3) is 0 Å². The van der Waals surface area contributed by atoms with E-state index in [2.05, 4.69) is 44.2 Å². The van der Waals surface area contributed by atoms with Crippen LogP contribution in [0.5, 0.6) is 0 Å². The Labute approximate surface area is 151 Å². The third-order valence-electron chi connectivity index (χ3n) is 4.97. The van der Waals surface area contributed by atoms with Crippen LogP contribution in [0.15, 0.2) is 72.1 Å². The van der Waals surface area contributed by atoms with E-state index in [9.17, 15) is 0 Å². The van der Waals surface area contributed by atoms with Crippen molar-refractivity contribution in [3.63, 3.8) is 0 Å². The number of furan rings is 1. The van der Waals surface area contributed by atoms with Crippen LogP contribution in [0.3, 0.4) is 0 Å². The van der Waals surface area contributed by atoms with Gasteiger partial charge >= 0.3 is 0 Å². The third-order valence-corrected chi connectivity index (χ3v) is 4.97. The van der Waals surface area contributed by atoms with E-state index < -0.39 is 0 Å². The molecule has 130 valence electrons. The maximum atomic E-state index is 5.25. The topological polar surface area (TPSA) is 62.9 Å². The van der Waals surface area contributed by atoms with Crippen molar-refractivity contribution < 1.29 is 4.42 Å². The van der Waals surface area contributed by atoms with Gasteiger partial charge in [0.15, 0.2) is 0 Å². The maximum absolute atomic E-state index is 5.25. The van der Waals surface area contributed by atoms with Crippen LogP contribution in [0.4, 0.5) is 0 Å². The highest BCUT2D eigenvalue weighted by atomic mass is 16.3. The molecule has 1 atom stereocenters. The lowest BCUT2D eigenvalue weighted by Gasteiger charge is -2.35. The molecule has 0 fully saturated rings. The number of benzene rings is 1. The van der Waals surface area contributed by atoms with Crippen molar-refractivity contribution >= 4 is 0 Å². The molecule has 1 aliphatic heterocycles. The van der Waals surface area contributed by atoms with E-state index in [0.29, 0.717) is 0 Å². The van der Waals surface area contributed by atoms with Gasteiger partial charge in [0.05, 0.1) is 36.3 Å². The molecule has 0 saturated carbocycles. The van der Waals surface area contributed by atoms with Crippen LogP contribution in [0.2, 0.25) is 0 Å². The van der Waals surface area contributed by atoms with Crippen LogP contribution in [0, 0.1) is 0 Å². The van der Waals surface area contributed by atoms with Gasteiger partial charge in [-0.1, -0.05) is 12.1 Å². The number of H-pyrrole nitrogens is 1. The summed E-state index contributed by atoms with van der Waals surface area (Å²) < 4.78 is 7.12. The first-order valence-corrected chi connectivity index (χ1v) is 8.76. The normalized spacial score (nSPS) is 17.3. The fraction of sp³-hybridized carbons (Fsp3) is 0.200. The molecule has 4 heterocycles. The highest BCUT2D eigenvalue weighted by molar-refractivity contribution is 5.39. The van der Waals surface area contributed by atoms with Crippen LogP contribution in [-0.4, -0.2) is 31.2 Å². The predicted octanol–water partition coefficient (Wildman–Crippen LogP) is 3.34. The Bertz CT molecular complexity index is 970. The number of hydrogen-bond donors (Lipinski definition) is 1. The van der Waals surface area contributed by atoms with E-state index in [0.717, 1.165) is 30.9 Å². The second kappa shape index (κ2) is 6.31. The Kier molecular flexibility index (Phi) is 3.68. The fourth-order valence-electron chi connectivity index (χ4n) is 3.71. The quantitative estimate of drug-likeness (QED) is 0.616. The summed E-state index contributed by atoms with van der Waals surface area (Å²) in [5.74, 6) is 0. The molecule has 0 radical (unpaired) electrons. The largest absolute Gasteiger partial charge is 0.472 e. The molecular weight excluding hydrogens is 326 g/mol. The minimum atomic E-state index is 0.131. The van der Waals surface area contributed by atoms with Crippen molar-refractivity contribution in [1.29, 1.82) is 0 Å². The maximum Gasteiger partial charge on any atom is 0.0947 e. The summed E-state index contributed by atoms with van der Waals surface area (Å²) >= 11 is 0. The molecule has 0 amide bonds. The highest BCUT2D eigenvalue weighted by Gasteiger charge is 2.31. The molecule has 6 heteroatoms. The summed E-state index contributed by atoms with van der Waals surface area (Å²) in [6, 6.07) is 12.7. The summed E-state index contributed by atoms with van der Waals surface area (Å²) in [5.41, 5.74) is 5.82. The Morgan fingerprint density at radius 1 is 1.19 bits per heavy atom. The van der Waals surface area contributed by atoms with Gasteiger partial charge < -0.3 is 9.40 Å². The van der Waals surface area contributed by atoms with E-state index in [4.69, 9.17) is 4.42 Å². The molecule has 0 unspecified atom stereocenters. The molecular formula is C20H19N5O. The Morgan fingerprint density at radius 3 is 2.88 bits per heavy atom. The van der Waals surface area contributed by atoms with E-state index in [-0.39, 0.29) is 6.04 Å². The zero-order valence-corrected chi connectivity index (χ0v) is 14.2. The van der Waals surface area contributed by atoms with Gasteiger partial charge in [-0.3, -0.25) is 4.90 Å². The molecule has 5 rings (SSSR count). The summed E-state index contributed by atoms with van der Waals surface area (Å²) in [6.45, 7) is 1.82. The first-order chi connectivity index (χ1) is 12.9. The first-order valence-electron chi connectivity index (χ1n) is 8.76. The summed E-state index contributed by atoms with van der Waals surface area (Å²) in [5, 5.41) is 4.30. The van der Waals surface area contributed by atoms with Crippen molar-refractivity contribution in [3.05, 3.63) is 90.2 Å². The molecule has 3 aromatic heterocycles. The fourth-order valence-corrected chi connectivity index (χ4v) is 3.71. The second-order valence-electron chi connectivity index (χ2n) is 6.56. The molecule has 1 aromatic carbocycles. The standard InChI is InChI=1S/C20H19N5O/c1-8-23-25(9-1)17-4-2-16(3-5-17)20-19-18(21-14-22-19)6-10-24(20)12-15-7-11-26-13-15/h1-5,7-9,11,13-14,20H,6,10,12H2,(H,21,22)/t20-/m1/s1. The van der Waals surface area contributed by atoms with E-state index in [1.54, 1.807) is 18.8 Å². The predicted molar refractivity (Wildman–Crippen MR) is 96.8 cm³/mol. The smallest absolute Gasteiger partial charge is 0.0947 e. The number of aromatic amines is 1. The Hall–Kier alpha value is -3.12. The van der Waals surface area contributed by atoms with Crippen LogP contribution >= 0.6 is 0 Å². The summed E-state index contributed by atoms with van der Waals surface area (Å²) in [4.78, 5) is 10.4. The molecule has 26 heavy (non-hydrogen) atoms. The van der Waals surface area contributed by atoms with Gasteiger partial charge in [0, 0.05) is 43.2 Å². The average molecular weight is 345 g/mol. The number of nitrogens with one attached hydrogen (secondary N) is 1. The van der Waals surface area contributed by atoms with Gasteiger partial charge in [0.1, 0.15) is 0 Å². The van der Waals surface area contributed by atoms with Gasteiger partial charge in [-0.2, -0.15) is 5.10 Å². The van der Waals surface area contributed by atoms with Gasteiger partial charge in [0.2, 0.25) is 0 Å². The van der Waals surface area contributed by atoms with Crippen LogP contribution in [0.25, 0.3) is 5.69 Å². The van der Waals surface area contributed by atoms with Gasteiger partial charge in [-0.15, -0.1) is 0 Å². The second-order valence-corrected chi connectivity index (χ2v) is 6.56. The minimum Gasteiger partial charge on any atom is -0.472 e. The summed E-state index contributed by atoms with van der Waals surface area (Å²) in [6.07, 6.45) is 10.1. The minimum absolute atomic E-state index is 0.131. The van der Waals surface area contributed by atoms with Gasteiger partial charge in [-0.25, -0.2) is 9.67 Å². The summed E-state index contributed by atoms with van der Waals surface area (Å²) in [7, 11) is 0. The lowest BCUT2D eigenvalue weighted by molar-refractivity contribution is 0.200. The molecule has 0 aliphatic carbocycles.